The van der Waals surface area contributed by atoms with Gasteiger partial charge in [-0.3, -0.25) is 14.4 Å². The molecule has 4 atom stereocenters. The lowest BCUT2D eigenvalue weighted by molar-refractivity contribution is -0.143. The maximum atomic E-state index is 13.6. The molecule has 0 unspecified atom stereocenters. The smallest absolute Gasteiger partial charge is 0.327 e. The predicted molar refractivity (Wildman–Crippen MR) is 169 cm³/mol. The Morgan fingerprint density at radius 3 is 1.79 bits per heavy atom. The highest BCUT2D eigenvalue weighted by Crippen LogP contribution is 2.23. The Hall–Kier alpha value is -3.22. The molecule has 12 heteroatoms. The van der Waals surface area contributed by atoms with E-state index in [0.29, 0.717) is 0 Å². The molecular weight excluding hydrogens is 576 g/mol. The first kappa shape index (κ1) is 35.0. The van der Waals surface area contributed by atoms with Crippen molar-refractivity contribution in [2.45, 2.75) is 88.0 Å². The number of carbonyl (C=O) groups excluding carboxylic acids is 3. The second kappa shape index (κ2) is 14.3. The van der Waals surface area contributed by atoms with Crippen LogP contribution in [0, 0.1) is 13.8 Å². The van der Waals surface area contributed by atoms with Crippen LogP contribution in [0.25, 0.3) is 0 Å². The van der Waals surface area contributed by atoms with Crippen LogP contribution in [-0.4, -0.2) is 67.6 Å². The standard InChI is InChI=1S/C30H42N4O6S2/c1-16-12-19(35)13-17(2)20(16)15-21(31)25(36)33-23(29(3,4)41)27(38)32-22(14-18-10-8-7-9-11-18)26(37)34-24(28(39)40)30(5,6)42/h7-13,21-24,35,41-42H,14-15,31H2,1-6H3,(H,32,38)(H,33,36)(H,34,37)(H,39,40)/t21-,22-,23-,24-/m0/s1. The third-order valence-electron chi connectivity index (χ3n) is 6.85. The minimum atomic E-state index is -1.34. The SMILES string of the molecule is Cc1cc(O)cc(C)c1C[C@H](N)C(=O)N[C@@H](C(=O)N[C@@H](Cc1ccccc1)C(=O)N[C@@H](C(=O)O)C(C)(C)S)C(C)(C)S. The molecule has 230 valence electrons. The van der Waals surface area contributed by atoms with Crippen LogP contribution in [0.3, 0.4) is 0 Å². The van der Waals surface area contributed by atoms with Crippen LogP contribution < -0.4 is 21.7 Å². The number of aryl methyl sites for hydroxylation is 2. The summed E-state index contributed by atoms with van der Waals surface area (Å²) in [7, 11) is 0. The van der Waals surface area contributed by atoms with Gasteiger partial charge in [-0.1, -0.05) is 30.3 Å². The van der Waals surface area contributed by atoms with Crippen molar-refractivity contribution in [1.82, 2.24) is 16.0 Å². The molecule has 2 aromatic carbocycles. The first-order valence-corrected chi connectivity index (χ1v) is 14.4. The Balaban J connectivity index is 2.30. The molecule has 2 aromatic rings. The number of carbonyl (C=O) groups is 4. The molecule has 0 fully saturated rings. The van der Waals surface area contributed by atoms with E-state index in [9.17, 15) is 29.4 Å². The van der Waals surface area contributed by atoms with Crippen molar-refractivity contribution in [3.63, 3.8) is 0 Å². The zero-order chi connectivity index (χ0) is 32.0. The van der Waals surface area contributed by atoms with Crippen molar-refractivity contribution >= 4 is 48.9 Å². The minimum absolute atomic E-state index is 0.0599. The van der Waals surface area contributed by atoms with E-state index >= 15 is 0 Å². The fourth-order valence-corrected chi connectivity index (χ4v) is 4.87. The molecule has 0 saturated heterocycles. The quantitative estimate of drug-likeness (QED) is 0.159. The molecule has 0 bridgehead atoms. The third kappa shape index (κ3) is 9.95. The van der Waals surface area contributed by atoms with Gasteiger partial charge in [0.1, 0.15) is 23.9 Å². The first-order valence-electron chi connectivity index (χ1n) is 13.5. The zero-order valence-electron chi connectivity index (χ0n) is 24.8. The number of hydrogen-bond acceptors (Lipinski definition) is 8. The second-order valence-corrected chi connectivity index (χ2v) is 14.0. The minimum Gasteiger partial charge on any atom is -0.508 e. The summed E-state index contributed by atoms with van der Waals surface area (Å²) in [6, 6.07) is 7.34. The lowest BCUT2D eigenvalue weighted by Gasteiger charge is -2.33. The normalized spacial score (nSPS) is 14.7. The number of nitrogens with one attached hydrogen (secondary N) is 3. The van der Waals surface area contributed by atoms with Crippen molar-refractivity contribution in [2.24, 2.45) is 5.73 Å². The summed E-state index contributed by atoms with van der Waals surface area (Å²) in [5.74, 6) is -3.18. The molecule has 0 saturated carbocycles. The summed E-state index contributed by atoms with van der Waals surface area (Å²) in [6.07, 6.45) is 0.227. The predicted octanol–water partition coefficient (Wildman–Crippen LogP) is 2.08. The fraction of sp³-hybridized carbons (Fsp3) is 0.467. The monoisotopic (exact) mass is 618 g/mol. The van der Waals surface area contributed by atoms with Crippen LogP contribution in [0.4, 0.5) is 0 Å². The highest BCUT2D eigenvalue weighted by molar-refractivity contribution is 7.82. The van der Waals surface area contributed by atoms with Crippen LogP contribution >= 0.6 is 25.3 Å². The highest BCUT2D eigenvalue weighted by atomic mass is 32.1. The Morgan fingerprint density at radius 2 is 1.31 bits per heavy atom. The number of rotatable bonds is 13. The number of aliphatic carboxylic acids is 1. The van der Waals surface area contributed by atoms with Crippen LogP contribution in [0.5, 0.6) is 5.75 Å². The van der Waals surface area contributed by atoms with Gasteiger partial charge >= 0.3 is 5.97 Å². The highest BCUT2D eigenvalue weighted by Gasteiger charge is 2.39. The molecule has 0 aromatic heterocycles. The van der Waals surface area contributed by atoms with Gasteiger partial charge in [-0.15, -0.1) is 0 Å². The molecular formula is C30H42N4O6S2. The Bertz CT molecular complexity index is 1270. The van der Waals surface area contributed by atoms with Gasteiger partial charge in [0.2, 0.25) is 17.7 Å². The van der Waals surface area contributed by atoms with E-state index in [0.717, 1.165) is 22.3 Å². The molecule has 0 aliphatic rings. The van der Waals surface area contributed by atoms with Crippen molar-refractivity contribution in [3.05, 3.63) is 64.7 Å². The number of phenols is 1. The van der Waals surface area contributed by atoms with E-state index in [1.807, 2.05) is 0 Å². The molecule has 10 nitrogen and oxygen atoms in total. The van der Waals surface area contributed by atoms with Crippen LogP contribution in [0.1, 0.15) is 49.9 Å². The Kier molecular flexibility index (Phi) is 11.9. The van der Waals surface area contributed by atoms with Gasteiger partial charge in [-0.25, -0.2) is 4.79 Å². The number of carboxylic acids is 1. The number of phenolic OH excluding ortho intramolecular Hbond substituents is 1. The number of hydrogen-bond donors (Lipinski definition) is 8. The zero-order valence-corrected chi connectivity index (χ0v) is 26.6. The lowest BCUT2D eigenvalue weighted by atomic mass is 9.95. The molecule has 3 amide bonds. The van der Waals surface area contributed by atoms with Crippen molar-refractivity contribution in [3.8, 4) is 5.75 Å². The van der Waals surface area contributed by atoms with Gasteiger partial charge in [0.15, 0.2) is 0 Å². The summed E-state index contributed by atoms with van der Waals surface area (Å²) >= 11 is 8.85. The summed E-state index contributed by atoms with van der Waals surface area (Å²) < 4.78 is -2.18. The van der Waals surface area contributed by atoms with Crippen LogP contribution in [0.15, 0.2) is 42.5 Å². The number of benzene rings is 2. The van der Waals surface area contributed by atoms with Gasteiger partial charge in [-0.2, -0.15) is 25.3 Å². The first-order chi connectivity index (χ1) is 19.3. The van der Waals surface area contributed by atoms with Crippen molar-refractivity contribution in [2.75, 3.05) is 0 Å². The molecule has 0 heterocycles. The number of aromatic hydroxyl groups is 1. The average Bonchev–Trinajstić information content (AvgIpc) is 2.85. The van der Waals surface area contributed by atoms with Gasteiger partial charge < -0.3 is 31.9 Å². The summed E-state index contributed by atoms with van der Waals surface area (Å²) in [4.78, 5) is 52.0. The largest absolute Gasteiger partial charge is 0.508 e. The summed E-state index contributed by atoms with van der Waals surface area (Å²) in [5.41, 5.74) is 9.32. The third-order valence-corrected chi connectivity index (χ3v) is 7.37. The van der Waals surface area contributed by atoms with Crippen molar-refractivity contribution in [1.29, 1.82) is 0 Å². The topological polar surface area (TPSA) is 171 Å². The maximum absolute atomic E-state index is 13.6. The number of amides is 3. The fourth-order valence-electron chi connectivity index (χ4n) is 4.51. The second-order valence-electron chi connectivity index (χ2n) is 11.6. The molecule has 42 heavy (non-hydrogen) atoms. The van der Waals surface area contributed by atoms with Crippen molar-refractivity contribution < 1.29 is 29.4 Å². The maximum Gasteiger partial charge on any atom is 0.327 e. The molecule has 0 spiro atoms. The molecule has 0 aliphatic heterocycles. The lowest BCUT2D eigenvalue weighted by Crippen LogP contribution is -2.62. The van der Waals surface area contributed by atoms with Crippen LogP contribution in [0.2, 0.25) is 0 Å². The van der Waals surface area contributed by atoms with E-state index in [1.165, 1.54) is 0 Å². The average molecular weight is 619 g/mol. The van der Waals surface area contributed by atoms with E-state index < -0.39 is 57.4 Å². The van der Waals surface area contributed by atoms with E-state index in [2.05, 4.69) is 41.2 Å². The van der Waals surface area contributed by atoms with E-state index in [4.69, 9.17) is 5.73 Å². The summed E-state index contributed by atoms with van der Waals surface area (Å²) in [6.45, 7) is 9.99. The molecule has 7 N–H and O–H groups in total. The molecule has 0 radical (unpaired) electrons. The Morgan fingerprint density at radius 1 is 0.810 bits per heavy atom. The summed E-state index contributed by atoms with van der Waals surface area (Å²) in [5, 5.41) is 27.4. The Labute approximate surface area is 258 Å². The van der Waals surface area contributed by atoms with Gasteiger partial charge in [0.05, 0.1) is 6.04 Å². The van der Waals surface area contributed by atoms with E-state index in [1.54, 1.807) is 84.0 Å². The molecule has 2 rings (SSSR count). The van der Waals surface area contributed by atoms with Gasteiger partial charge in [0.25, 0.3) is 0 Å². The van der Waals surface area contributed by atoms with Crippen LogP contribution in [-0.2, 0) is 32.0 Å². The number of carboxylic acid groups (broad SMARTS) is 1. The molecule has 0 aliphatic carbocycles. The van der Waals surface area contributed by atoms with Gasteiger partial charge in [0, 0.05) is 15.9 Å². The number of thiol groups is 2. The number of nitrogens with two attached hydrogens (primary N) is 1. The van der Waals surface area contributed by atoms with E-state index in [-0.39, 0.29) is 18.6 Å². The van der Waals surface area contributed by atoms with Gasteiger partial charge in [-0.05, 0) is 82.3 Å².